The van der Waals surface area contributed by atoms with Crippen LogP contribution in [0.5, 0.6) is 0 Å². The molecule has 0 aromatic carbocycles. The minimum Gasteiger partial charge on any atom is -0.243 e. The standard InChI is InChI=1S/C7H11ClF2OS/c8-12(11)5-6-2-1-3-7(9,10)4-6/h6H,1-5H2. The van der Waals surface area contributed by atoms with Crippen LogP contribution in [0.25, 0.3) is 0 Å². The van der Waals surface area contributed by atoms with Crippen LogP contribution in [0.2, 0.25) is 0 Å². The molecule has 1 fully saturated rings. The molecular formula is C7H11ClF2OS. The maximum Gasteiger partial charge on any atom is 0.248 e. The van der Waals surface area contributed by atoms with Gasteiger partial charge in [0.25, 0.3) is 0 Å². The molecule has 1 aliphatic carbocycles. The van der Waals surface area contributed by atoms with E-state index in [1.54, 1.807) is 0 Å². The van der Waals surface area contributed by atoms with Crippen molar-refractivity contribution >= 4 is 20.7 Å². The molecule has 1 nitrogen and oxygen atoms in total. The van der Waals surface area contributed by atoms with Crippen molar-refractivity contribution in [2.24, 2.45) is 5.92 Å². The lowest BCUT2D eigenvalue weighted by molar-refractivity contribution is -0.0487. The Morgan fingerprint density at radius 3 is 2.75 bits per heavy atom. The molecule has 5 heteroatoms. The average Bonchev–Trinajstić information content (AvgIpc) is 1.82. The van der Waals surface area contributed by atoms with E-state index in [1.165, 1.54) is 0 Å². The molecule has 2 atom stereocenters. The van der Waals surface area contributed by atoms with Crippen LogP contribution < -0.4 is 0 Å². The van der Waals surface area contributed by atoms with Crippen LogP contribution in [0.15, 0.2) is 0 Å². The van der Waals surface area contributed by atoms with Crippen LogP contribution >= 0.6 is 10.7 Å². The molecule has 0 amide bonds. The molecule has 0 N–H and O–H groups in total. The summed E-state index contributed by atoms with van der Waals surface area (Å²) in [7, 11) is 3.77. The van der Waals surface area contributed by atoms with Crippen LogP contribution in [0, 0.1) is 5.92 Å². The lowest BCUT2D eigenvalue weighted by atomic mass is 9.88. The fourth-order valence-corrected chi connectivity index (χ4v) is 2.79. The van der Waals surface area contributed by atoms with Crippen LogP contribution in [0.4, 0.5) is 8.78 Å². The van der Waals surface area contributed by atoms with Crippen molar-refractivity contribution in [2.75, 3.05) is 5.75 Å². The van der Waals surface area contributed by atoms with Crippen molar-refractivity contribution in [3.8, 4) is 0 Å². The maximum absolute atomic E-state index is 12.8. The van der Waals surface area contributed by atoms with E-state index in [9.17, 15) is 13.0 Å². The molecule has 0 aliphatic heterocycles. The van der Waals surface area contributed by atoms with Gasteiger partial charge in [-0.05, 0) is 29.4 Å². The Hall–Kier alpha value is 0.300. The van der Waals surface area contributed by atoms with Gasteiger partial charge in [0.15, 0.2) is 0 Å². The van der Waals surface area contributed by atoms with Crippen molar-refractivity contribution in [3.05, 3.63) is 0 Å². The van der Waals surface area contributed by atoms with Gasteiger partial charge in [-0.1, -0.05) is 0 Å². The molecule has 2 unspecified atom stereocenters. The van der Waals surface area contributed by atoms with Gasteiger partial charge < -0.3 is 0 Å². The third-order valence-electron chi connectivity index (χ3n) is 2.11. The molecule has 0 radical (unpaired) electrons. The first kappa shape index (κ1) is 10.4. The number of alkyl halides is 2. The Balaban J connectivity index is 2.41. The van der Waals surface area contributed by atoms with Gasteiger partial charge in [-0.15, -0.1) is 0 Å². The Morgan fingerprint density at radius 1 is 1.58 bits per heavy atom. The van der Waals surface area contributed by atoms with E-state index in [0.717, 1.165) is 6.42 Å². The van der Waals surface area contributed by atoms with Gasteiger partial charge in [-0.2, -0.15) is 0 Å². The monoisotopic (exact) mass is 216 g/mol. The van der Waals surface area contributed by atoms with E-state index in [2.05, 4.69) is 0 Å². The molecule has 0 aromatic heterocycles. The molecule has 0 saturated heterocycles. The lowest BCUT2D eigenvalue weighted by Crippen LogP contribution is -2.28. The number of hydrogen-bond donors (Lipinski definition) is 0. The van der Waals surface area contributed by atoms with Crippen LogP contribution in [-0.4, -0.2) is 15.9 Å². The van der Waals surface area contributed by atoms with Crippen molar-refractivity contribution < 1.29 is 13.0 Å². The Kier molecular flexibility index (Phi) is 3.47. The molecule has 0 aromatic rings. The summed E-state index contributed by atoms with van der Waals surface area (Å²) in [6, 6.07) is 0. The first-order valence-electron chi connectivity index (χ1n) is 3.92. The van der Waals surface area contributed by atoms with Gasteiger partial charge in [0.1, 0.15) is 10.0 Å². The first-order chi connectivity index (χ1) is 5.49. The van der Waals surface area contributed by atoms with Gasteiger partial charge in [0, 0.05) is 18.6 Å². The normalized spacial score (nSPS) is 31.4. The van der Waals surface area contributed by atoms with Crippen LogP contribution in [0.3, 0.4) is 0 Å². The molecule has 1 rings (SSSR count). The summed E-state index contributed by atoms with van der Waals surface area (Å²) in [5.74, 6) is -2.51. The van der Waals surface area contributed by atoms with Crippen LogP contribution in [-0.2, 0) is 10.0 Å². The largest absolute Gasteiger partial charge is 0.248 e. The molecular weight excluding hydrogens is 206 g/mol. The number of halogens is 3. The van der Waals surface area contributed by atoms with Crippen molar-refractivity contribution in [1.82, 2.24) is 0 Å². The van der Waals surface area contributed by atoms with Gasteiger partial charge in [-0.25, -0.2) is 13.0 Å². The molecule has 1 saturated carbocycles. The smallest absolute Gasteiger partial charge is 0.243 e. The highest BCUT2D eigenvalue weighted by molar-refractivity contribution is 8.08. The molecule has 1 aliphatic rings. The first-order valence-corrected chi connectivity index (χ1v) is 6.06. The number of hydrogen-bond acceptors (Lipinski definition) is 1. The van der Waals surface area contributed by atoms with E-state index in [1.807, 2.05) is 0 Å². The fraction of sp³-hybridized carbons (Fsp3) is 1.00. The predicted molar refractivity (Wildman–Crippen MR) is 45.8 cm³/mol. The highest BCUT2D eigenvalue weighted by Gasteiger charge is 2.36. The summed E-state index contributed by atoms with van der Waals surface area (Å²) in [5.41, 5.74) is 0. The zero-order chi connectivity index (χ0) is 9.19. The van der Waals surface area contributed by atoms with E-state index in [0.29, 0.717) is 6.42 Å². The summed E-state index contributed by atoms with van der Waals surface area (Å²) in [4.78, 5) is 0. The Labute approximate surface area is 77.4 Å². The highest BCUT2D eigenvalue weighted by Crippen LogP contribution is 2.36. The number of rotatable bonds is 2. The summed E-state index contributed by atoms with van der Waals surface area (Å²) < 4.78 is 36.1. The van der Waals surface area contributed by atoms with Crippen molar-refractivity contribution in [1.29, 1.82) is 0 Å². The molecule has 0 heterocycles. The van der Waals surface area contributed by atoms with Crippen molar-refractivity contribution in [2.45, 2.75) is 31.6 Å². The lowest BCUT2D eigenvalue weighted by Gasteiger charge is -2.27. The molecule has 0 bridgehead atoms. The van der Waals surface area contributed by atoms with E-state index < -0.39 is 15.9 Å². The molecule has 12 heavy (non-hydrogen) atoms. The average molecular weight is 217 g/mol. The van der Waals surface area contributed by atoms with Crippen molar-refractivity contribution in [3.63, 3.8) is 0 Å². The summed E-state index contributed by atoms with van der Waals surface area (Å²) >= 11 is 0. The maximum atomic E-state index is 12.8. The van der Waals surface area contributed by atoms with E-state index in [4.69, 9.17) is 10.7 Å². The summed E-state index contributed by atoms with van der Waals surface area (Å²) in [6.07, 6.45) is 1.07. The minimum atomic E-state index is -2.56. The van der Waals surface area contributed by atoms with E-state index >= 15 is 0 Å². The second kappa shape index (κ2) is 4.01. The molecule has 0 spiro atoms. The third kappa shape index (κ3) is 3.35. The van der Waals surface area contributed by atoms with Gasteiger partial charge in [0.2, 0.25) is 5.92 Å². The van der Waals surface area contributed by atoms with E-state index in [-0.39, 0.29) is 24.5 Å². The summed E-state index contributed by atoms with van der Waals surface area (Å²) in [6.45, 7) is 0. The van der Waals surface area contributed by atoms with Crippen LogP contribution in [0.1, 0.15) is 25.7 Å². The predicted octanol–water partition coefficient (Wildman–Crippen LogP) is 2.71. The van der Waals surface area contributed by atoms with Gasteiger partial charge in [-0.3, -0.25) is 0 Å². The zero-order valence-electron chi connectivity index (χ0n) is 6.56. The topological polar surface area (TPSA) is 17.1 Å². The summed E-state index contributed by atoms with van der Waals surface area (Å²) in [5, 5.41) is 0. The SMILES string of the molecule is O=S(Cl)CC1CCCC(F)(F)C1. The second-order valence-electron chi connectivity index (χ2n) is 3.27. The zero-order valence-corrected chi connectivity index (χ0v) is 8.14. The Bertz CT molecular complexity index is 186. The highest BCUT2D eigenvalue weighted by atomic mass is 35.7. The fourth-order valence-electron chi connectivity index (χ4n) is 1.60. The third-order valence-corrected chi connectivity index (χ3v) is 3.22. The second-order valence-corrected chi connectivity index (χ2v) is 5.22. The Morgan fingerprint density at radius 2 is 2.25 bits per heavy atom. The quantitative estimate of drug-likeness (QED) is 0.649. The van der Waals surface area contributed by atoms with Gasteiger partial charge >= 0.3 is 0 Å². The van der Waals surface area contributed by atoms with Gasteiger partial charge in [0.05, 0.1) is 0 Å². The molecule has 72 valence electrons. The minimum absolute atomic E-state index is 0.0293.